The first-order valence-corrected chi connectivity index (χ1v) is 11.8. The molecule has 0 saturated heterocycles. The molecule has 0 aromatic heterocycles. The molecule has 186 valence electrons. The van der Waals surface area contributed by atoms with Crippen molar-refractivity contribution < 1.29 is 24.6 Å². The Hall–Kier alpha value is -4.01. The number of fused-ring (bicyclic) bond motifs is 1. The van der Waals surface area contributed by atoms with E-state index in [1.54, 1.807) is 48.5 Å². The average molecular weight is 488 g/mol. The summed E-state index contributed by atoms with van der Waals surface area (Å²) in [6.45, 7) is 0.462. The number of aliphatic carboxylic acids is 2. The largest absolute Gasteiger partial charge is 0.480 e. The highest BCUT2D eigenvalue weighted by molar-refractivity contribution is 5.88. The first-order valence-electron chi connectivity index (χ1n) is 11.8. The molecule has 4 rings (SSSR count). The second kappa shape index (κ2) is 11.6. The smallest absolute Gasteiger partial charge is 0.328 e. The van der Waals surface area contributed by atoms with Gasteiger partial charge >= 0.3 is 11.9 Å². The molecule has 3 aromatic rings. The third-order valence-corrected chi connectivity index (χ3v) is 6.36. The minimum atomic E-state index is -1.31. The molecule has 2 unspecified atom stereocenters. The molecule has 4 N–H and O–H groups in total. The third kappa shape index (κ3) is 6.16. The normalized spacial score (nSPS) is 16.4. The van der Waals surface area contributed by atoms with Gasteiger partial charge < -0.3 is 15.5 Å². The van der Waals surface area contributed by atoms with Gasteiger partial charge in [-0.2, -0.15) is 0 Å². The van der Waals surface area contributed by atoms with Crippen LogP contribution < -0.4 is 10.7 Å². The van der Waals surface area contributed by atoms with Crippen molar-refractivity contribution in [3.05, 3.63) is 107 Å². The lowest BCUT2D eigenvalue weighted by Crippen LogP contribution is -2.63. The van der Waals surface area contributed by atoms with Crippen molar-refractivity contribution in [2.75, 3.05) is 0 Å². The van der Waals surface area contributed by atoms with Crippen LogP contribution in [0.1, 0.15) is 22.3 Å². The van der Waals surface area contributed by atoms with Gasteiger partial charge in [0.1, 0.15) is 12.1 Å². The summed E-state index contributed by atoms with van der Waals surface area (Å²) in [6, 6.07) is 22.5. The fraction of sp³-hybridized carbons (Fsp3) is 0.250. The molecule has 3 aromatic carbocycles. The van der Waals surface area contributed by atoms with Gasteiger partial charge in [0.2, 0.25) is 0 Å². The number of carbonyl (C=O) groups is 3. The van der Waals surface area contributed by atoms with E-state index in [1.165, 1.54) is 0 Å². The summed E-state index contributed by atoms with van der Waals surface area (Å²) in [7, 11) is 0. The highest BCUT2D eigenvalue weighted by Crippen LogP contribution is 2.19. The molecule has 36 heavy (non-hydrogen) atoms. The number of hydrogen-bond acceptors (Lipinski definition) is 5. The van der Waals surface area contributed by atoms with Crippen LogP contribution in [0.2, 0.25) is 0 Å². The number of carboxylic acids is 2. The van der Waals surface area contributed by atoms with Crippen molar-refractivity contribution in [1.29, 1.82) is 0 Å². The van der Waals surface area contributed by atoms with Crippen molar-refractivity contribution in [3.8, 4) is 0 Å². The van der Waals surface area contributed by atoms with E-state index >= 15 is 0 Å². The van der Waals surface area contributed by atoms with Crippen molar-refractivity contribution in [1.82, 2.24) is 15.8 Å². The van der Waals surface area contributed by atoms with E-state index in [0.717, 1.165) is 27.3 Å². The Kier molecular flexibility index (Phi) is 8.10. The van der Waals surface area contributed by atoms with Crippen LogP contribution in [0.15, 0.2) is 84.9 Å². The number of carboxylic acid groups (broad SMARTS) is 2. The first kappa shape index (κ1) is 25.1. The molecule has 1 aliphatic rings. The molecule has 1 aliphatic heterocycles. The monoisotopic (exact) mass is 487 g/mol. The maximum absolute atomic E-state index is 13.8. The summed E-state index contributed by atoms with van der Waals surface area (Å²) in [4.78, 5) is 38.4. The molecule has 0 fully saturated rings. The van der Waals surface area contributed by atoms with Gasteiger partial charge in [-0.05, 0) is 28.7 Å². The summed E-state index contributed by atoms with van der Waals surface area (Å²) >= 11 is 0. The zero-order valence-electron chi connectivity index (χ0n) is 19.7. The number of hydrogen-bond donors (Lipinski definition) is 4. The van der Waals surface area contributed by atoms with Gasteiger partial charge in [-0.1, -0.05) is 84.9 Å². The Balaban J connectivity index is 1.64. The third-order valence-electron chi connectivity index (χ3n) is 6.36. The van der Waals surface area contributed by atoms with Crippen molar-refractivity contribution in [2.24, 2.45) is 0 Å². The zero-order valence-corrected chi connectivity index (χ0v) is 19.7. The molecule has 1 amide bonds. The lowest BCUT2D eigenvalue weighted by molar-refractivity contribution is -0.158. The average Bonchev–Trinajstić information content (AvgIpc) is 2.90. The Labute approximate surface area is 209 Å². The predicted octanol–water partition coefficient (Wildman–Crippen LogP) is 2.43. The molecule has 3 atom stereocenters. The van der Waals surface area contributed by atoms with Crippen LogP contribution in [-0.4, -0.2) is 51.2 Å². The summed E-state index contributed by atoms with van der Waals surface area (Å²) in [6.07, 6.45) is 0.482. The zero-order chi connectivity index (χ0) is 25.5. The number of benzene rings is 3. The first-order chi connectivity index (χ1) is 17.4. The quantitative estimate of drug-likeness (QED) is 0.324. The summed E-state index contributed by atoms with van der Waals surface area (Å²) in [5.41, 5.74) is 6.35. The number of nitrogens with zero attached hydrogens (tertiary/aromatic N) is 1. The van der Waals surface area contributed by atoms with Crippen LogP contribution >= 0.6 is 0 Å². The van der Waals surface area contributed by atoms with Gasteiger partial charge in [0, 0.05) is 19.4 Å². The summed E-state index contributed by atoms with van der Waals surface area (Å²) in [5.74, 6) is -2.91. The van der Waals surface area contributed by atoms with Gasteiger partial charge in [0.15, 0.2) is 0 Å². The van der Waals surface area contributed by atoms with Gasteiger partial charge in [-0.25, -0.2) is 10.2 Å². The van der Waals surface area contributed by atoms with Gasteiger partial charge in [0.05, 0.1) is 6.04 Å². The van der Waals surface area contributed by atoms with Crippen LogP contribution in [0.25, 0.3) is 0 Å². The van der Waals surface area contributed by atoms with Crippen molar-refractivity contribution in [3.63, 3.8) is 0 Å². The number of carbonyl (C=O) groups excluding carboxylic acids is 1. The van der Waals surface area contributed by atoms with E-state index in [0.29, 0.717) is 13.0 Å². The van der Waals surface area contributed by atoms with Crippen molar-refractivity contribution >= 4 is 17.8 Å². The standard InChI is InChI=1S/C28H29N3O5/c32-26(23-17-21-13-7-8-14-22(21)18-29-23)31(25(28(35)36)16-20-11-5-2-6-12-20)30-24(27(33)34)15-19-9-3-1-4-10-19/h1-14,23-25,29-30H,15-18H2,(H,33,34)(H,35,36)/t23-,24?,25?/m0/s1. The second-order valence-corrected chi connectivity index (χ2v) is 8.87. The van der Waals surface area contributed by atoms with E-state index in [2.05, 4.69) is 10.7 Å². The van der Waals surface area contributed by atoms with Crippen molar-refractivity contribution in [2.45, 2.75) is 43.9 Å². The number of nitrogens with one attached hydrogen (secondary N) is 2. The molecular weight excluding hydrogens is 458 g/mol. The highest BCUT2D eigenvalue weighted by atomic mass is 16.4. The van der Waals surface area contributed by atoms with E-state index in [4.69, 9.17) is 0 Å². The molecule has 1 heterocycles. The fourth-order valence-electron chi connectivity index (χ4n) is 4.44. The van der Waals surface area contributed by atoms with Gasteiger partial charge in [0.25, 0.3) is 5.91 Å². The van der Waals surface area contributed by atoms with Crippen LogP contribution in [0.4, 0.5) is 0 Å². The van der Waals surface area contributed by atoms with E-state index in [-0.39, 0.29) is 12.8 Å². The summed E-state index contributed by atoms with van der Waals surface area (Å²) in [5, 5.41) is 24.3. The molecule has 0 spiro atoms. The predicted molar refractivity (Wildman–Crippen MR) is 134 cm³/mol. The second-order valence-electron chi connectivity index (χ2n) is 8.87. The lowest BCUT2D eigenvalue weighted by atomic mass is 9.95. The fourth-order valence-corrected chi connectivity index (χ4v) is 4.44. The maximum atomic E-state index is 13.8. The molecule has 8 heteroatoms. The van der Waals surface area contributed by atoms with E-state index in [9.17, 15) is 24.6 Å². The number of amides is 1. The molecule has 0 saturated carbocycles. The Morgan fingerprint density at radius 2 is 1.36 bits per heavy atom. The lowest BCUT2D eigenvalue weighted by Gasteiger charge is -2.36. The Bertz CT molecular complexity index is 1200. The van der Waals surface area contributed by atoms with E-state index in [1.807, 2.05) is 36.4 Å². The SMILES string of the molecule is O=C(O)C(Cc1ccccc1)NN(C(=O)[C@@H]1Cc2ccccc2CN1)C(Cc1ccccc1)C(=O)O. The number of hydrazine groups is 1. The van der Waals surface area contributed by atoms with Crippen LogP contribution in [0, 0.1) is 0 Å². The summed E-state index contributed by atoms with van der Waals surface area (Å²) < 4.78 is 0. The van der Waals surface area contributed by atoms with Gasteiger partial charge in [-0.15, -0.1) is 0 Å². The Morgan fingerprint density at radius 1 is 0.806 bits per heavy atom. The van der Waals surface area contributed by atoms with Crippen LogP contribution in [0.5, 0.6) is 0 Å². The molecule has 8 nitrogen and oxygen atoms in total. The maximum Gasteiger partial charge on any atom is 0.328 e. The molecule has 0 bridgehead atoms. The molecule has 0 aliphatic carbocycles. The van der Waals surface area contributed by atoms with Crippen LogP contribution in [-0.2, 0) is 40.2 Å². The highest BCUT2D eigenvalue weighted by Gasteiger charge is 2.38. The minimum Gasteiger partial charge on any atom is -0.480 e. The Morgan fingerprint density at radius 3 is 1.94 bits per heavy atom. The number of rotatable bonds is 10. The van der Waals surface area contributed by atoms with Gasteiger partial charge in [-0.3, -0.25) is 14.6 Å². The topological polar surface area (TPSA) is 119 Å². The minimum absolute atomic E-state index is 0.0237. The molecule has 0 radical (unpaired) electrons. The van der Waals surface area contributed by atoms with Crippen LogP contribution in [0.3, 0.4) is 0 Å². The van der Waals surface area contributed by atoms with E-state index < -0.39 is 36.0 Å². The molecular formula is C28H29N3O5.